The summed E-state index contributed by atoms with van der Waals surface area (Å²) in [6, 6.07) is 9.59. The van der Waals surface area contributed by atoms with Gasteiger partial charge in [0.05, 0.1) is 34.5 Å². The Morgan fingerprint density at radius 1 is 1.16 bits per heavy atom. The van der Waals surface area contributed by atoms with Crippen LogP contribution >= 0.6 is 34.8 Å². The summed E-state index contributed by atoms with van der Waals surface area (Å²) < 4.78 is 10.8. The van der Waals surface area contributed by atoms with Crippen molar-refractivity contribution in [1.29, 1.82) is 5.26 Å². The van der Waals surface area contributed by atoms with Crippen molar-refractivity contribution in [2.45, 2.75) is 13.0 Å². The first kappa shape index (κ1) is 19.2. The lowest BCUT2D eigenvalue weighted by Gasteiger charge is -2.18. The molecule has 0 aromatic heterocycles. The molecule has 0 aliphatic carbocycles. The molecule has 8 heteroatoms. The molecule has 25 heavy (non-hydrogen) atoms. The zero-order valence-electron chi connectivity index (χ0n) is 13.3. The third-order valence-electron chi connectivity index (χ3n) is 3.22. The van der Waals surface area contributed by atoms with E-state index in [2.05, 4.69) is 5.32 Å². The maximum atomic E-state index is 12.3. The maximum absolute atomic E-state index is 12.3. The maximum Gasteiger partial charge on any atom is 0.265 e. The highest BCUT2D eigenvalue weighted by molar-refractivity contribution is 6.42. The van der Waals surface area contributed by atoms with Crippen LogP contribution in [0.1, 0.15) is 12.5 Å². The zero-order valence-corrected chi connectivity index (χ0v) is 15.5. The van der Waals surface area contributed by atoms with Gasteiger partial charge in [-0.2, -0.15) is 5.26 Å². The number of anilines is 1. The van der Waals surface area contributed by atoms with Gasteiger partial charge in [0.2, 0.25) is 0 Å². The Labute approximate surface area is 160 Å². The van der Waals surface area contributed by atoms with E-state index in [0.29, 0.717) is 22.1 Å². The lowest BCUT2D eigenvalue weighted by molar-refractivity contribution is -0.122. The zero-order chi connectivity index (χ0) is 18.6. The van der Waals surface area contributed by atoms with E-state index in [1.165, 1.54) is 25.3 Å². The van der Waals surface area contributed by atoms with E-state index < -0.39 is 12.0 Å². The summed E-state index contributed by atoms with van der Waals surface area (Å²) in [5.74, 6) is 0.219. The molecule has 1 amide bonds. The van der Waals surface area contributed by atoms with E-state index in [9.17, 15) is 4.79 Å². The number of hydrogen-bond acceptors (Lipinski definition) is 4. The van der Waals surface area contributed by atoms with Gasteiger partial charge in [-0.05, 0) is 31.2 Å². The van der Waals surface area contributed by atoms with Crippen molar-refractivity contribution in [3.05, 3.63) is 51.0 Å². The van der Waals surface area contributed by atoms with Crippen LogP contribution in [-0.2, 0) is 4.79 Å². The molecule has 0 aliphatic rings. The van der Waals surface area contributed by atoms with Crippen LogP contribution in [0.4, 0.5) is 5.69 Å². The second-order valence-electron chi connectivity index (χ2n) is 4.97. The Hall–Kier alpha value is -2.13. The highest BCUT2D eigenvalue weighted by Crippen LogP contribution is 2.34. The number of rotatable bonds is 5. The van der Waals surface area contributed by atoms with Gasteiger partial charge >= 0.3 is 0 Å². The summed E-state index contributed by atoms with van der Waals surface area (Å²) in [6.07, 6.45) is -0.871. The molecule has 0 aliphatic heterocycles. The summed E-state index contributed by atoms with van der Waals surface area (Å²) in [5.41, 5.74) is 0.668. The van der Waals surface area contributed by atoms with Gasteiger partial charge in [0, 0.05) is 11.1 Å². The van der Waals surface area contributed by atoms with Crippen LogP contribution in [0.15, 0.2) is 30.3 Å². The molecule has 5 nitrogen and oxygen atoms in total. The standard InChI is InChI=1S/C17H13Cl3N2O3/c1-9(25-14-4-3-10(8-21)5-15(14)24-2)17(23)22-16-12(19)6-11(18)7-13(16)20/h3-7,9H,1-2H3,(H,22,23)/t9-/m0/s1. The number of ether oxygens (including phenoxy) is 2. The number of nitriles is 1. The van der Waals surface area contributed by atoms with E-state index in [-0.39, 0.29) is 15.7 Å². The number of hydrogen-bond donors (Lipinski definition) is 1. The molecule has 1 N–H and O–H groups in total. The largest absolute Gasteiger partial charge is 0.493 e. The molecule has 2 rings (SSSR count). The van der Waals surface area contributed by atoms with Crippen LogP contribution in [0.3, 0.4) is 0 Å². The number of carbonyl (C=O) groups excluding carboxylic acids is 1. The SMILES string of the molecule is COc1cc(C#N)ccc1O[C@@H](C)C(=O)Nc1c(Cl)cc(Cl)cc1Cl. The van der Waals surface area contributed by atoms with E-state index in [1.807, 2.05) is 6.07 Å². The van der Waals surface area contributed by atoms with Gasteiger partial charge < -0.3 is 14.8 Å². The van der Waals surface area contributed by atoms with Crippen LogP contribution in [0.25, 0.3) is 0 Å². The van der Waals surface area contributed by atoms with E-state index >= 15 is 0 Å². The Balaban J connectivity index is 2.15. The summed E-state index contributed by atoms with van der Waals surface area (Å²) in [5, 5.41) is 12.3. The van der Waals surface area contributed by atoms with Gasteiger partial charge in [-0.15, -0.1) is 0 Å². The third kappa shape index (κ3) is 4.70. The lowest BCUT2D eigenvalue weighted by Crippen LogP contribution is -2.30. The number of methoxy groups -OCH3 is 1. The number of halogens is 3. The van der Waals surface area contributed by atoms with Crippen LogP contribution in [0.2, 0.25) is 15.1 Å². The Morgan fingerprint density at radius 2 is 1.80 bits per heavy atom. The highest BCUT2D eigenvalue weighted by atomic mass is 35.5. The molecule has 1 atom stereocenters. The topological polar surface area (TPSA) is 71.3 Å². The van der Waals surface area contributed by atoms with Crippen molar-refractivity contribution in [1.82, 2.24) is 0 Å². The molecule has 2 aromatic rings. The lowest BCUT2D eigenvalue weighted by atomic mass is 10.2. The number of amides is 1. The fourth-order valence-corrected chi connectivity index (χ4v) is 2.88. The first-order valence-corrected chi connectivity index (χ1v) is 8.19. The van der Waals surface area contributed by atoms with Crippen LogP contribution in [0.5, 0.6) is 11.5 Å². The smallest absolute Gasteiger partial charge is 0.265 e. The molecule has 0 fully saturated rings. The normalized spacial score (nSPS) is 11.4. The fourth-order valence-electron chi connectivity index (χ4n) is 1.96. The predicted molar refractivity (Wildman–Crippen MR) is 97.9 cm³/mol. The van der Waals surface area contributed by atoms with Gasteiger partial charge in [0.1, 0.15) is 0 Å². The van der Waals surface area contributed by atoms with Crippen molar-refractivity contribution in [2.75, 3.05) is 12.4 Å². The molecule has 0 radical (unpaired) electrons. The average Bonchev–Trinajstić information content (AvgIpc) is 2.58. The minimum atomic E-state index is -0.871. The third-order valence-corrected chi connectivity index (χ3v) is 4.04. The summed E-state index contributed by atoms with van der Waals surface area (Å²) in [7, 11) is 1.45. The molecular formula is C17H13Cl3N2O3. The first-order valence-electron chi connectivity index (χ1n) is 7.06. The summed E-state index contributed by atoms with van der Waals surface area (Å²) in [4.78, 5) is 12.3. The van der Waals surface area contributed by atoms with Crippen molar-refractivity contribution in [3.63, 3.8) is 0 Å². The van der Waals surface area contributed by atoms with Gasteiger partial charge in [-0.1, -0.05) is 34.8 Å². The van der Waals surface area contributed by atoms with Crippen molar-refractivity contribution < 1.29 is 14.3 Å². The van der Waals surface area contributed by atoms with E-state index in [0.717, 1.165) is 0 Å². The van der Waals surface area contributed by atoms with Gasteiger partial charge in [0.25, 0.3) is 5.91 Å². The summed E-state index contributed by atoms with van der Waals surface area (Å²) in [6.45, 7) is 1.56. The van der Waals surface area contributed by atoms with E-state index in [1.54, 1.807) is 19.1 Å². The van der Waals surface area contributed by atoms with Crippen molar-refractivity contribution in [2.24, 2.45) is 0 Å². The number of nitrogens with zero attached hydrogens (tertiary/aromatic N) is 1. The van der Waals surface area contributed by atoms with Gasteiger partial charge in [-0.25, -0.2) is 0 Å². The summed E-state index contributed by atoms with van der Waals surface area (Å²) >= 11 is 17.9. The molecule has 130 valence electrons. The molecule has 0 bridgehead atoms. The van der Waals surface area contributed by atoms with Crippen LogP contribution in [-0.4, -0.2) is 19.1 Å². The second kappa shape index (κ2) is 8.30. The van der Waals surface area contributed by atoms with Gasteiger partial charge in [-0.3, -0.25) is 4.79 Å². The number of carbonyl (C=O) groups is 1. The Kier molecular flexibility index (Phi) is 6.38. The number of nitrogens with one attached hydrogen (secondary N) is 1. The molecule has 0 saturated carbocycles. The van der Waals surface area contributed by atoms with Crippen molar-refractivity contribution in [3.8, 4) is 17.6 Å². The fraction of sp³-hybridized carbons (Fsp3) is 0.176. The average molecular weight is 400 g/mol. The molecule has 0 spiro atoms. The Bertz CT molecular complexity index is 827. The highest BCUT2D eigenvalue weighted by Gasteiger charge is 2.20. The molecule has 0 saturated heterocycles. The number of benzene rings is 2. The second-order valence-corrected chi connectivity index (χ2v) is 6.22. The first-order chi connectivity index (χ1) is 11.8. The Morgan fingerprint density at radius 3 is 2.36 bits per heavy atom. The van der Waals surface area contributed by atoms with Crippen LogP contribution < -0.4 is 14.8 Å². The molecule has 0 unspecified atom stereocenters. The quantitative estimate of drug-likeness (QED) is 0.773. The molecule has 0 heterocycles. The van der Waals surface area contributed by atoms with E-state index in [4.69, 9.17) is 49.5 Å². The van der Waals surface area contributed by atoms with Crippen molar-refractivity contribution >= 4 is 46.4 Å². The monoisotopic (exact) mass is 398 g/mol. The minimum Gasteiger partial charge on any atom is -0.493 e. The van der Waals surface area contributed by atoms with Gasteiger partial charge in [0.15, 0.2) is 17.6 Å². The minimum absolute atomic E-state index is 0.217. The molecular weight excluding hydrogens is 387 g/mol. The predicted octanol–water partition coefficient (Wildman–Crippen LogP) is 4.93. The van der Waals surface area contributed by atoms with Crippen LogP contribution in [0, 0.1) is 11.3 Å². The molecule has 2 aromatic carbocycles.